The van der Waals surface area contributed by atoms with Crippen LogP contribution in [0.15, 0.2) is 42.0 Å². The van der Waals surface area contributed by atoms with E-state index < -0.39 is 4.92 Å². The molecule has 1 atom stereocenters. The zero-order valence-corrected chi connectivity index (χ0v) is 14.9. The molecule has 1 unspecified atom stereocenters. The Bertz CT molecular complexity index is 979. The Morgan fingerprint density at radius 1 is 1.07 bits per heavy atom. The van der Waals surface area contributed by atoms with Gasteiger partial charge in [0.15, 0.2) is 11.5 Å². The number of hydrogen-bond acceptors (Lipinski definition) is 5. The van der Waals surface area contributed by atoms with Crippen molar-refractivity contribution in [1.82, 2.24) is 5.32 Å². The highest BCUT2D eigenvalue weighted by molar-refractivity contribution is 5.94. The van der Waals surface area contributed by atoms with Gasteiger partial charge in [-0.3, -0.25) is 14.9 Å². The zero-order chi connectivity index (χ0) is 19.1. The second-order valence-corrected chi connectivity index (χ2v) is 6.52. The van der Waals surface area contributed by atoms with Gasteiger partial charge in [0.05, 0.1) is 19.1 Å². The molecule has 2 aliphatic rings. The van der Waals surface area contributed by atoms with Gasteiger partial charge in [0.2, 0.25) is 5.91 Å². The van der Waals surface area contributed by atoms with Crippen LogP contribution in [0, 0.1) is 10.1 Å². The Labute approximate surface area is 155 Å². The maximum absolute atomic E-state index is 12.0. The van der Waals surface area contributed by atoms with Crippen LogP contribution in [0.4, 0.5) is 5.69 Å². The minimum absolute atomic E-state index is 0.0150. The Morgan fingerprint density at radius 2 is 1.74 bits per heavy atom. The molecular weight excluding hydrogens is 348 g/mol. The molecule has 1 amide bonds. The lowest BCUT2D eigenvalue weighted by Crippen LogP contribution is -2.26. The number of hydrogen-bond donors (Lipinski definition) is 1. The Hall–Kier alpha value is -3.35. The number of nitrogens with one attached hydrogen (secondary N) is 1. The van der Waals surface area contributed by atoms with Gasteiger partial charge in [0.1, 0.15) is 0 Å². The quantitative estimate of drug-likeness (QED) is 0.662. The average Bonchev–Trinajstić information content (AvgIpc) is 2.99. The summed E-state index contributed by atoms with van der Waals surface area (Å²) in [4.78, 5) is 22.5. The lowest BCUT2D eigenvalue weighted by Gasteiger charge is -2.20. The van der Waals surface area contributed by atoms with E-state index in [1.165, 1.54) is 12.1 Å². The van der Waals surface area contributed by atoms with Gasteiger partial charge in [-0.05, 0) is 35.3 Å². The highest BCUT2D eigenvalue weighted by atomic mass is 16.6. The number of non-ortho nitro benzene ring substituents is 1. The van der Waals surface area contributed by atoms with Crippen molar-refractivity contribution in [3.63, 3.8) is 0 Å². The molecule has 0 saturated carbocycles. The number of rotatable bonds is 4. The smallest absolute Gasteiger partial charge is 0.269 e. The molecule has 1 N–H and O–H groups in total. The first kappa shape index (κ1) is 17.1. The van der Waals surface area contributed by atoms with Gasteiger partial charge in [-0.1, -0.05) is 12.1 Å². The van der Waals surface area contributed by atoms with E-state index in [1.54, 1.807) is 26.4 Å². The first-order valence-electron chi connectivity index (χ1n) is 8.57. The largest absolute Gasteiger partial charge is 0.493 e. The molecule has 2 aromatic carbocycles. The molecule has 4 rings (SSSR count). The van der Waals surface area contributed by atoms with E-state index >= 15 is 0 Å². The standard InChI is InChI=1S/C20H18N2O5/c1-26-16-9-14-15(10-17(16)27-2)20-13(7-8-18(23)21-20)19(14)11-3-5-12(6-4-11)22(24)25/h3-6,9-10,19H,7-8H2,1-2H3,(H,21,23). The maximum atomic E-state index is 12.0. The van der Waals surface area contributed by atoms with Crippen LogP contribution in [0.5, 0.6) is 11.5 Å². The molecule has 7 nitrogen and oxygen atoms in total. The third-order valence-electron chi connectivity index (χ3n) is 5.13. The van der Waals surface area contributed by atoms with Crippen molar-refractivity contribution in [2.75, 3.05) is 14.2 Å². The van der Waals surface area contributed by atoms with Gasteiger partial charge in [0, 0.05) is 35.7 Å². The highest BCUT2D eigenvalue weighted by Crippen LogP contribution is 2.50. The molecule has 1 aliphatic heterocycles. The van der Waals surface area contributed by atoms with Crippen molar-refractivity contribution in [2.45, 2.75) is 18.8 Å². The number of allylic oxidation sites excluding steroid dienone is 1. The van der Waals surface area contributed by atoms with Crippen molar-refractivity contribution in [1.29, 1.82) is 0 Å². The summed E-state index contributed by atoms with van der Waals surface area (Å²) in [6.07, 6.45) is 1.06. The number of nitro groups is 1. The summed E-state index contributed by atoms with van der Waals surface area (Å²) >= 11 is 0. The van der Waals surface area contributed by atoms with Crippen molar-refractivity contribution >= 4 is 17.3 Å². The molecule has 2 aromatic rings. The topological polar surface area (TPSA) is 90.7 Å². The predicted octanol–water partition coefficient (Wildman–Crippen LogP) is 3.38. The summed E-state index contributed by atoms with van der Waals surface area (Å²) in [6, 6.07) is 10.4. The van der Waals surface area contributed by atoms with Crippen LogP contribution in [-0.2, 0) is 4.79 Å². The van der Waals surface area contributed by atoms with E-state index in [1.807, 2.05) is 12.1 Å². The van der Waals surface area contributed by atoms with E-state index in [2.05, 4.69) is 5.32 Å². The van der Waals surface area contributed by atoms with Gasteiger partial charge < -0.3 is 14.8 Å². The van der Waals surface area contributed by atoms with E-state index in [4.69, 9.17) is 9.47 Å². The molecule has 0 radical (unpaired) electrons. The summed E-state index contributed by atoms with van der Waals surface area (Å²) in [5, 5.41) is 14.0. The average molecular weight is 366 g/mol. The molecule has 7 heteroatoms. The zero-order valence-electron chi connectivity index (χ0n) is 14.9. The molecule has 1 aliphatic carbocycles. The van der Waals surface area contributed by atoms with E-state index in [-0.39, 0.29) is 17.5 Å². The highest BCUT2D eigenvalue weighted by Gasteiger charge is 2.37. The summed E-state index contributed by atoms with van der Waals surface area (Å²) in [5.74, 6) is 1.09. The predicted molar refractivity (Wildman–Crippen MR) is 98.8 cm³/mol. The number of ether oxygens (including phenoxy) is 2. The van der Waals surface area contributed by atoms with Gasteiger partial charge >= 0.3 is 0 Å². The number of benzene rings is 2. The molecule has 138 valence electrons. The third-order valence-corrected chi connectivity index (χ3v) is 5.13. The van der Waals surface area contributed by atoms with Crippen LogP contribution < -0.4 is 14.8 Å². The van der Waals surface area contributed by atoms with Crippen molar-refractivity contribution in [2.24, 2.45) is 0 Å². The molecule has 0 saturated heterocycles. The summed E-state index contributed by atoms with van der Waals surface area (Å²) < 4.78 is 10.9. The number of nitro benzene ring substituents is 1. The molecule has 0 bridgehead atoms. The maximum Gasteiger partial charge on any atom is 0.269 e. The fraction of sp³-hybridized carbons (Fsp3) is 0.250. The van der Waals surface area contributed by atoms with Crippen LogP contribution in [0.25, 0.3) is 5.70 Å². The second-order valence-electron chi connectivity index (χ2n) is 6.52. The lowest BCUT2D eigenvalue weighted by atomic mass is 9.86. The minimum atomic E-state index is -0.411. The number of carbonyl (C=O) groups is 1. The SMILES string of the molecule is COc1cc2c(cc1OC)C(c1ccc([N+](=O)[O-])cc1)C1=C2NC(=O)CC1. The van der Waals surface area contributed by atoms with Gasteiger partial charge in [-0.25, -0.2) is 0 Å². The van der Waals surface area contributed by atoms with E-state index in [0.29, 0.717) is 24.3 Å². The van der Waals surface area contributed by atoms with E-state index in [9.17, 15) is 14.9 Å². The number of amides is 1. The van der Waals surface area contributed by atoms with Crippen molar-refractivity contribution < 1.29 is 19.2 Å². The first-order valence-corrected chi connectivity index (χ1v) is 8.57. The van der Waals surface area contributed by atoms with Crippen molar-refractivity contribution in [3.8, 4) is 11.5 Å². The summed E-state index contributed by atoms with van der Waals surface area (Å²) in [6.45, 7) is 0. The normalized spacial score (nSPS) is 17.9. The van der Waals surface area contributed by atoms with Crippen molar-refractivity contribution in [3.05, 3.63) is 68.8 Å². The van der Waals surface area contributed by atoms with Gasteiger partial charge in [0.25, 0.3) is 5.69 Å². The second kappa shape index (κ2) is 6.42. The fourth-order valence-electron chi connectivity index (χ4n) is 3.89. The number of fused-ring (bicyclic) bond motifs is 2. The molecule has 1 heterocycles. The summed E-state index contributed by atoms with van der Waals surface area (Å²) in [5.41, 5.74) is 4.80. The Kier molecular flexibility index (Phi) is 4.07. The van der Waals surface area contributed by atoms with Gasteiger partial charge in [-0.2, -0.15) is 0 Å². The van der Waals surface area contributed by atoms with Crippen LogP contribution in [-0.4, -0.2) is 25.1 Å². The molecule has 0 fully saturated rings. The van der Waals surface area contributed by atoms with Crippen LogP contribution in [0.1, 0.15) is 35.4 Å². The number of methoxy groups -OCH3 is 2. The van der Waals surface area contributed by atoms with Crippen LogP contribution in [0.2, 0.25) is 0 Å². The third kappa shape index (κ3) is 2.71. The number of carbonyl (C=O) groups excluding carboxylic acids is 1. The monoisotopic (exact) mass is 366 g/mol. The van der Waals surface area contributed by atoms with E-state index in [0.717, 1.165) is 28.0 Å². The first-order chi connectivity index (χ1) is 13.0. The lowest BCUT2D eigenvalue weighted by molar-refractivity contribution is -0.384. The van der Waals surface area contributed by atoms with Crippen LogP contribution >= 0.6 is 0 Å². The molecule has 27 heavy (non-hydrogen) atoms. The summed E-state index contributed by atoms with van der Waals surface area (Å²) in [7, 11) is 3.15. The minimum Gasteiger partial charge on any atom is -0.493 e. The number of nitrogens with zero attached hydrogens (tertiary/aromatic N) is 1. The van der Waals surface area contributed by atoms with Crippen LogP contribution in [0.3, 0.4) is 0 Å². The Balaban J connectivity index is 1.89. The fourth-order valence-corrected chi connectivity index (χ4v) is 3.89. The molecule has 0 spiro atoms. The molecule has 0 aromatic heterocycles. The van der Waals surface area contributed by atoms with Gasteiger partial charge in [-0.15, -0.1) is 0 Å². The Morgan fingerprint density at radius 3 is 2.37 bits per heavy atom. The molecular formula is C20H18N2O5.